The van der Waals surface area contributed by atoms with E-state index in [1.807, 2.05) is 13.8 Å². The average molecular weight is 1360 g/mol. The normalized spacial score (nSPS) is 49.7. The summed E-state index contributed by atoms with van der Waals surface area (Å²) in [6.07, 6.45) is -29.5. The number of allylic oxidation sites excluding steroid dienone is 3. The number of carboxylic acids is 1. The second-order valence-corrected chi connectivity index (χ2v) is 31.2. The Labute approximate surface area is 553 Å². The van der Waals surface area contributed by atoms with Crippen LogP contribution in [0.15, 0.2) is 36.0 Å². The Hall–Kier alpha value is -2.80. The van der Waals surface area contributed by atoms with Crippen LogP contribution in [0.25, 0.3) is 0 Å². The number of ether oxygens (including phenoxy) is 11. The Bertz CT molecular complexity index is 2760. The summed E-state index contributed by atoms with van der Waals surface area (Å²) >= 11 is 0. The second-order valence-electron chi connectivity index (χ2n) is 31.2. The quantitative estimate of drug-likeness (QED) is 0.0334. The van der Waals surface area contributed by atoms with Gasteiger partial charge in [0.05, 0.1) is 50.2 Å². The molecular weight excluding hydrogens is 1250 g/mol. The summed E-state index contributed by atoms with van der Waals surface area (Å²) in [7, 11) is 0. The van der Waals surface area contributed by atoms with E-state index in [0.717, 1.165) is 12.0 Å². The van der Waals surface area contributed by atoms with Crippen LogP contribution in [0.1, 0.15) is 133 Å². The molecule has 95 heavy (non-hydrogen) atoms. The number of aliphatic carboxylic acids is 1. The van der Waals surface area contributed by atoms with Crippen molar-refractivity contribution in [2.24, 2.45) is 50.2 Å². The number of hydrogen-bond acceptors (Lipinski definition) is 27. The molecule has 28 nitrogen and oxygen atoms in total. The summed E-state index contributed by atoms with van der Waals surface area (Å²) in [6, 6.07) is 0. The third-order valence-electron chi connectivity index (χ3n) is 24.7. The Balaban J connectivity index is 0.957. The van der Waals surface area contributed by atoms with Gasteiger partial charge in [0.1, 0.15) is 110 Å². The molecule has 0 aromatic carbocycles. The number of carbonyl (C=O) groups is 2. The average Bonchev–Trinajstić information content (AvgIpc) is 0.675. The van der Waals surface area contributed by atoms with Crippen molar-refractivity contribution in [1.82, 2.24) is 0 Å². The molecule has 0 radical (unpaired) electrons. The molecule has 5 saturated heterocycles. The minimum Gasteiger partial charge on any atom is -0.481 e. The van der Waals surface area contributed by atoms with Crippen molar-refractivity contribution in [2.45, 2.75) is 286 Å². The first-order chi connectivity index (χ1) is 44.4. The highest BCUT2D eigenvalue weighted by atomic mass is 16.8. The van der Waals surface area contributed by atoms with E-state index in [4.69, 9.17) is 52.1 Å². The largest absolute Gasteiger partial charge is 0.481 e. The predicted octanol–water partition coefficient (Wildman–Crippen LogP) is -0.543. The third kappa shape index (κ3) is 13.7. The third-order valence-corrected chi connectivity index (χ3v) is 24.7. The number of aliphatic hydroxyl groups excluding tert-OH is 13. The number of aliphatic hydroxyl groups is 14. The van der Waals surface area contributed by atoms with Gasteiger partial charge >= 0.3 is 11.9 Å². The first-order valence-corrected chi connectivity index (χ1v) is 33.8. The number of rotatable bonds is 19. The van der Waals surface area contributed by atoms with Crippen LogP contribution in [0.3, 0.4) is 0 Å². The molecule has 15 N–H and O–H groups in total. The highest BCUT2D eigenvalue weighted by Gasteiger charge is 2.71. The van der Waals surface area contributed by atoms with E-state index in [2.05, 4.69) is 47.3 Å². The molecule has 32 atom stereocenters. The maximum atomic E-state index is 14.0. The number of carboxylic acid groups (broad SMARTS) is 1. The van der Waals surface area contributed by atoms with Crippen molar-refractivity contribution in [3.05, 3.63) is 36.0 Å². The first-order valence-electron chi connectivity index (χ1n) is 33.8. The van der Waals surface area contributed by atoms with Gasteiger partial charge in [0.15, 0.2) is 31.5 Å². The van der Waals surface area contributed by atoms with Gasteiger partial charge in [-0.15, -0.1) is 6.58 Å². The summed E-state index contributed by atoms with van der Waals surface area (Å²) in [4.78, 5) is 27.7. The standard InChI is InChI=1S/C67H106O28/c1-11-63(7,84)18-12-13-30(2)54(81)91-41-24-67(60(82)83)22-21-65(9)31(32(67)23-61(41,3)4)14-15-39-64(8)19-17-40(62(5,6)38(64)16-20-66(39,65)10)92-59-53(95-58-52(47(77)45(75)36(25-68)89-58)94-57-50(80)44(74)35(71)28-87-57)51(93-56-49(79)43(73)34(70)27-86-56)46(76)37(90-59)29-88-55-48(78)42(72)33(69)26-85-55/h11,13-14,32-53,55-59,68-80,84H,1,12,15-29H2,2-10H3,(H,82,83). The van der Waals surface area contributed by atoms with Crippen molar-refractivity contribution in [3.63, 3.8) is 0 Å². The summed E-state index contributed by atoms with van der Waals surface area (Å²) in [5.41, 5.74) is -3.29. The van der Waals surface area contributed by atoms with Crippen LogP contribution in [-0.2, 0) is 61.7 Å². The van der Waals surface area contributed by atoms with Gasteiger partial charge in [0.2, 0.25) is 0 Å². The van der Waals surface area contributed by atoms with Crippen LogP contribution < -0.4 is 0 Å². The lowest BCUT2D eigenvalue weighted by atomic mass is 9.33. The van der Waals surface area contributed by atoms with Crippen molar-refractivity contribution in [1.29, 1.82) is 0 Å². The summed E-state index contributed by atoms with van der Waals surface area (Å²) < 4.78 is 68.2. The van der Waals surface area contributed by atoms with E-state index in [9.17, 15) is 86.2 Å². The van der Waals surface area contributed by atoms with Crippen LogP contribution in [0, 0.1) is 50.2 Å². The Morgan fingerprint density at radius 2 is 1.19 bits per heavy atom. The van der Waals surface area contributed by atoms with Gasteiger partial charge in [-0.1, -0.05) is 72.3 Å². The number of carbonyl (C=O) groups excluding carboxylic acids is 1. The number of hydrogen-bond donors (Lipinski definition) is 15. The highest BCUT2D eigenvalue weighted by Crippen LogP contribution is 2.76. The molecular formula is C67H106O28. The van der Waals surface area contributed by atoms with Gasteiger partial charge in [-0.3, -0.25) is 4.79 Å². The minimum atomic E-state index is -2.01. The predicted molar refractivity (Wildman–Crippen MR) is 327 cm³/mol. The monoisotopic (exact) mass is 1360 g/mol. The molecule has 0 aromatic heterocycles. The van der Waals surface area contributed by atoms with Gasteiger partial charge in [-0.2, -0.15) is 0 Å². The van der Waals surface area contributed by atoms with Crippen LogP contribution in [0.4, 0.5) is 0 Å². The van der Waals surface area contributed by atoms with Crippen LogP contribution in [0.2, 0.25) is 0 Å². The van der Waals surface area contributed by atoms with Crippen molar-refractivity contribution in [3.8, 4) is 0 Å². The lowest BCUT2D eigenvalue weighted by Crippen LogP contribution is -2.69. The summed E-state index contributed by atoms with van der Waals surface area (Å²) in [6.45, 7) is 19.2. The van der Waals surface area contributed by atoms with Gasteiger partial charge in [-0.05, 0) is 117 Å². The van der Waals surface area contributed by atoms with Crippen molar-refractivity contribution in [2.75, 3.05) is 33.0 Å². The first kappa shape index (κ1) is 74.9. The minimum absolute atomic E-state index is 0.0638. The molecule has 10 rings (SSSR count). The molecule has 32 unspecified atom stereocenters. The van der Waals surface area contributed by atoms with E-state index in [1.54, 1.807) is 19.9 Å². The molecule has 0 bridgehead atoms. The zero-order valence-corrected chi connectivity index (χ0v) is 55.9. The number of esters is 1. The zero-order chi connectivity index (χ0) is 69.6. The molecule has 5 aliphatic carbocycles. The Kier molecular flexibility index (Phi) is 22.2. The Morgan fingerprint density at radius 3 is 1.78 bits per heavy atom. The molecule has 9 fully saturated rings. The second kappa shape index (κ2) is 28.2. The zero-order valence-electron chi connectivity index (χ0n) is 55.9. The van der Waals surface area contributed by atoms with E-state index in [1.165, 1.54) is 6.08 Å². The molecule has 10 aliphatic rings. The van der Waals surface area contributed by atoms with E-state index >= 15 is 0 Å². The molecule has 28 heteroatoms. The van der Waals surface area contributed by atoms with Gasteiger partial charge < -0.3 is 129 Å². The maximum Gasteiger partial charge on any atom is 0.333 e. The van der Waals surface area contributed by atoms with E-state index < -0.39 is 220 Å². The topological polar surface area (TPSA) is 439 Å². The van der Waals surface area contributed by atoms with Crippen LogP contribution in [0.5, 0.6) is 0 Å². The summed E-state index contributed by atoms with van der Waals surface area (Å²) in [5.74, 6) is -1.77. The fraction of sp³-hybridized carbons (Fsp3) is 0.881. The van der Waals surface area contributed by atoms with Gasteiger partial charge in [-0.25, -0.2) is 4.79 Å². The molecule has 5 heterocycles. The lowest BCUT2D eigenvalue weighted by molar-refractivity contribution is -0.408. The molecule has 0 spiro atoms. The smallest absolute Gasteiger partial charge is 0.333 e. The SMILES string of the molecule is C=CC(C)(O)CCC=C(C)C(=O)OC1CC2(C(=O)O)CCC3(C)C(=CCC4C5(C)CCC(OC6OC(COC7OCC(O)C(O)C7O)C(O)C(OC7OCC(O)C(O)C7O)C6OC6OC(CO)C(O)C(O)C6OC6OCC(O)C(O)C6O)C(C)(C)C5CCC43C)C2CC1(C)C. The lowest BCUT2D eigenvalue weighted by Gasteiger charge is -2.71. The van der Waals surface area contributed by atoms with Gasteiger partial charge in [0.25, 0.3) is 0 Å². The fourth-order valence-electron chi connectivity index (χ4n) is 18.3. The Morgan fingerprint density at radius 1 is 0.632 bits per heavy atom. The molecule has 4 saturated carbocycles. The maximum absolute atomic E-state index is 14.0. The van der Waals surface area contributed by atoms with E-state index in [0.29, 0.717) is 63.4 Å². The van der Waals surface area contributed by atoms with Crippen LogP contribution >= 0.6 is 0 Å². The number of fused-ring (bicyclic) bond motifs is 7. The van der Waals surface area contributed by atoms with Crippen LogP contribution in [-0.4, -0.2) is 275 Å². The van der Waals surface area contributed by atoms with Crippen molar-refractivity contribution >= 4 is 11.9 Å². The summed E-state index contributed by atoms with van der Waals surface area (Å²) in [5, 5.41) is 164. The van der Waals surface area contributed by atoms with Crippen molar-refractivity contribution < 1.29 is 138 Å². The fourth-order valence-corrected chi connectivity index (χ4v) is 18.3. The molecule has 0 amide bonds. The molecule has 542 valence electrons. The molecule has 0 aromatic rings. The van der Waals surface area contributed by atoms with Gasteiger partial charge in [0, 0.05) is 17.4 Å². The molecule has 5 aliphatic heterocycles. The van der Waals surface area contributed by atoms with E-state index in [-0.39, 0.29) is 35.0 Å². The highest BCUT2D eigenvalue weighted by molar-refractivity contribution is 5.88.